The number of rotatable bonds is 6. The summed E-state index contributed by atoms with van der Waals surface area (Å²) in [6.45, 7) is 4.40. The molecule has 0 N–H and O–H groups in total. The summed E-state index contributed by atoms with van der Waals surface area (Å²) in [5, 5.41) is 4.26. The molecule has 3 heterocycles. The highest BCUT2D eigenvalue weighted by Gasteiger charge is 2.48. The summed E-state index contributed by atoms with van der Waals surface area (Å²) in [6.07, 6.45) is 3.76. The Hall–Kier alpha value is -2.25. The van der Waals surface area contributed by atoms with Gasteiger partial charge >= 0.3 is 0 Å². The molecule has 0 bridgehead atoms. The van der Waals surface area contributed by atoms with E-state index in [-0.39, 0.29) is 24.4 Å². The van der Waals surface area contributed by atoms with Crippen molar-refractivity contribution >= 4 is 5.91 Å². The van der Waals surface area contributed by atoms with Crippen molar-refractivity contribution in [3.05, 3.63) is 54.1 Å². The standard InChI is InChI=1S/C20H25FN4O2/c1-27-14-19(26)25-12-16-11-23(8-9-24-7-3-6-22-24)13-18(16)20(25)15-4-2-5-17(21)10-15/h2-7,10,16,18,20H,8-9,11-14H2,1H3/t16-,18-,20+/m1/s1. The van der Waals surface area contributed by atoms with Gasteiger partial charge in [0, 0.05) is 51.6 Å². The van der Waals surface area contributed by atoms with Crippen LogP contribution < -0.4 is 0 Å². The zero-order valence-corrected chi connectivity index (χ0v) is 15.5. The van der Waals surface area contributed by atoms with Gasteiger partial charge in [-0.25, -0.2) is 4.39 Å². The van der Waals surface area contributed by atoms with E-state index in [1.165, 1.54) is 13.2 Å². The van der Waals surface area contributed by atoms with Gasteiger partial charge in [-0.15, -0.1) is 0 Å². The van der Waals surface area contributed by atoms with Crippen molar-refractivity contribution in [2.45, 2.75) is 12.6 Å². The lowest BCUT2D eigenvalue weighted by Crippen LogP contribution is -2.38. The smallest absolute Gasteiger partial charge is 0.249 e. The molecule has 0 spiro atoms. The number of aromatic nitrogens is 2. The predicted molar refractivity (Wildman–Crippen MR) is 98.4 cm³/mol. The number of benzene rings is 1. The Balaban J connectivity index is 1.50. The topological polar surface area (TPSA) is 50.6 Å². The van der Waals surface area contributed by atoms with E-state index in [0.717, 1.165) is 31.7 Å². The maximum absolute atomic E-state index is 13.8. The highest BCUT2D eigenvalue weighted by Crippen LogP contribution is 2.45. The van der Waals surface area contributed by atoms with Crippen LogP contribution in [0.1, 0.15) is 11.6 Å². The Labute approximate surface area is 158 Å². The molecule has 3 atom stereocenters. The Morgan fingerprint density at radius 3 is 2.89 bits per heavy atom. The summed E-state index contributed by atoms with van der Waals surface area (Å²) >= 11 is 0. The maximum Gasteiger partial charge on any atom is 0.249 e. The van der Waals surface area contributed by atoms with Crippen LogP contribution >= 0.6 is 0 Å². The van der Waals surface area contributed by atoms with Crippen LogP contribution in [0.2, 0.25) is 0 Å². The van der Waals surface area contributed by atoms with E-state index >= 15 is 0 Å². The molecule has 2 aliphatic rings. The van der Waals surface area contributed by atoms with Crippen molar-refractivity contribution in [1.82, 2.24) is 19.6 Å². The van der Waals surface area contributed by atoms with Crippen LogP contribution in [-0.2, 0) is 16.1 Å². The summed E-state index contributed by atoms with van der Waals surface area (Å²) in [6, 6.07) is 8.49. The number of fused-ring (bicyclic) bond motifs is 1. The first-order valence-electron chi connectivity index (χ1n) is 9.39. The van der Waals surface area contributed by atoms with Crippen molar-refractivity contribution in [1.29, 1.82) is 0 Å². The van der Waals surface area contributed by atoms with Crippen molar-refractivity contribution in [2.24, 2.45) is 11.8 Å². The van der Waals surface area contributed by atoms with Gasteiger partial charge in [0.15, 0.2) is 0 Å². The van der Waals surface area contributed by atoms with Crippen molar-refractivity contribution in [2.75, 3.05) is 39.9 Å². The number of amides is 1. The van der Waals surface area contributed by atoms with Crippen LogP contribution in [0.5, 0.6) is 0 Å². The summed E-state index contributed by atoms with van der Waals surface area (Å²) in [7, 11) is 1.53. The van der Waals surface area contributed by atoms with E-state index in [9.17, 15) is 9.18 Å². The van der Waals surface area contributed by atoms with Gasteiger partial charge in [-0.05, 0) is 29.7 Å². The van der Waals surface area contributed by atoms with Gasteiger partial charge in [-0.2, -0.15) is 5.10 Å². The van der Waals surface area contributed by atoms with Crippen LogP contribution in [0.4, 0.5) is 4.39 Å². The molecule has 144 valence electrons. The second-order valence-electron chi connectivity index (χ2n) is 7.43. The molecule has 2 saturated heterocycles. The summed E-state index contributed by atoms with van der Waals surface area (Å²) in [4.78, 5) is 16.9. The number of hydrogen-bond acceptors (Lipinski definition) is 4. The molecule has 2 aliphatic heterocycles. The molecule has 1 amide bonds. The highest BCUT2D eigenvalue weighted by atomic mass is 19.1. The van der Waals surface area contributed by atoms with Gasteiger partial charge in [0.1, 0.15) is 12.4 Å². The molecule has 27 heavy (non-hydrogen) atoms. The third-order valence-corrected chi connectivity index (χ3v) is 5.72. The van der Waals surface area contributed by atoms with Gasteiger partial charge in [0.05, 0.1) is 12.6 Å². The fourth-order valence-corrected chi connectivity index (χ4v) is 4.58. The average molecular weight is 372 g/mol. The van der Waals surface area contributed by atoms with E-state index < -0.39 is 0 Å². The third kappa shape index (κ3) is 3.75. The first-order chi connectivity index (χ1) is 13.2. The summed E-state index contributed by atoms with van der Waals surface area (Å²) in [5.74, 6) is 0.426. The molecule has 2 fully saturated rings. The highest BCUT2D eigenvalue weighted by molar-refractivity contribution is 5.78. The number of methoxy groups -OCH3 is 1. The summed E-state index contributed by atoms with van der Waals surface area (Å²) < 4.78 is 20.8. The normalized spacial score (nSPS) is 25.1. The first kappa shape index (κ1) is 18.1. The Bertz CT molecular complexity index is 782. The molecular weight excluding hydrogens is 347 g/mol. The number of hydrogen-bond donors (Lipinski definition) is 0. The van der Waals surface area contributed by atoms with E-state index in [4.69, 9.17) is 4.74 Å². The lowest BCUT2D eigenvalue weighted by atomic mass is 9.89. The lowest BCUT2D eigenvalue weighted by molar-refractivity contribution is -0.136. The lowest BCUT2D eigenvalue weighted by Gasteiger charge is -2.30. The maximum atomic E-state index is 13.8. The summed E-state index contributed by atoms with van der Waals surface area (Å²) in [5.41, 5.74) is 0.876. The molecule has 1 aromatic heterocycles. The minimum absolute atomic E-state index is 0.0238. The second kappa shape index (κ2) is 7.78. The Kier molecular flexibility index (Phi) is 5.22. The average Bonchev–Trinajstić information content (AvgIpc) is 3.35. The molecule has 0 unspecified atom stereocenters. The van der Waals surface area contributed by atoms with E-state index in [1.807, 2.05) is 27.9 Å². The van der Waals surface area contributed by atoms with Crippen LogP contribution in [-0.4, -0.2) is 65.4 Å². The SMILES string of the molecule is COCC(=O)N1C[C@H]2CN(CCn3cccn3)C[C@H]2[C@@H]1c1cccc(F)c1. The molecule has 4 rings (SSSR count). The number of nitrogens with zero attached hydrogens (tertiary/aromatic N) is 4. The van der Waals surface area contributed by atoms with Gasteiger partial charge in [-0.1, -0.05) is 12.1 Å². The Morgan fingerprint density at radius 2 is 2.15 bits per heavy atom. The van der Waals surface area contributed by atoms with Crippen LogP contribution in [0.25, 0.3) is 0 Å². The van der Waals surface area contributed by atoms with Gasteiger partial charge in [0.2, 0.25) is 5.91 Å². The molecule has 0 aliphatic carbocycles. The van der Waals surface area contributed by atoms with Crippen LogP contribution in [0.3, 0.4) is 0 Å². The predicted octanol–water partition coefficient (Wildman–Crippen LogP) is 1.80. The molecule has 2 aromatic rings. The molecular formula is C20H25FN4O2. The van der Waals surface area contributed by atoms with E-state index in [0.29, 0.717) is 18.4 Å². The monoisotopic (exact) mass is 372 g/mol. The number of likely N-dealkylation sites (tertiary alicyclic amines) is 2. The van der Waals surface area contributed by atoms with Crippen molar-refractivity contribution in [3.63, 3.8) is 0 Å². The van der Waals surface area contributed by atoms with Crippen LogP contribution in [0, 0.1) is 17.7 Å². The first-order valence-corrected chi connectivity index (χ1v) is 9.39. The fraction of sp³-hybridized carbons (Fsp3) is 0.500. The largest absolute Gasteiger partial charge is 0.375 e. The van der Waals surface area contributed by atoms with Crippen LogP contribution in [0.15, 0.2) is 42.7 Å². The number of halogens is 1. The Morgan fingerprint density at radius 1 is 1.26 bits per heavy atom. The number of carbonyl (C=O) groups is 1. The minimum Gasteiger partial charge on any atom is -0.375 e. The van der Waals surface area contributed by atoms with Gasteiger partial charge in [-0.3, -0.25) is 9.48 Å². The molecule has 6 nitrogen and oxygen atoms in total. The van der Waals surface area contributed by atoms with Crippen molar-refractivity contribution < 1.29 is 13.9 Å². The second-order valence-corrected chi connectivity index (χ2v) is 7.43. The molecule has 1 aromatic carbocycles. The minimum atomic E-state index is -0.261. The number of ether oxygens (including phenoxy) is 1. The zero-order chi connectivity index (χ0) is 18.8. The zero-order valence-electron chi connectivity index (χ0n) is 15.5. The van der Waals surface area contributed by atoms with Gasteiger partial charge < -0.3 is 14.5 Å². The van der Waals surface area contributed by atoms with Gasteiger partial charge in [0.25, 0.3) is 0 Å². The van der Waals surface area contributed by atoms with E-state index in [2.05, 4.69) is 10.00 Å². The van der Waals surface area contributed by atoms with Crippen molar-refractivity contribution in [3.8, 4) is 0 Å². The quantitative estimate of drug-likeness (QED) is 0.776. The van der Waals surface area contributed by atoms with E-state index in [1.54, 1.807) is 18.3 Å². The number of carbonyl (C=O) groups excluding carboxylic acids is 1. The molecule has 0 saturated carbocycles. The molecule has 0 radical (unpaired) electrons. The fourth-order valence-electron chi connectivity index (χ4n) is 4.58. The third-order valence-electron chi connectivity index (χ3n) is 5.72. The molecule has 7 heteroatoms.